The van der Waals surface area contributed by atoms with E-state index >= 15 is 0 Å². The van der Waals surface area contributed by atoms with Gasteiger partial charge in [-0.3, -0.25) is 9.59 Å². The molecule has 132 valence electrons. The van der Waals surface area contributed by atoms with Gasteiger partial charge in [0.2, 0.25) is 11.8 Å². The average Bonchev–Trinajstić information content (AvgIpc) is 3.10. The van der Waals surface area contributed by atoms with Crippen LogP contribution in [0.1, 0.15) is 22.3 Å². The third-order valence-electron chi connectivity index (χ3n) is 4.02. The molecule has 1 aromatic heterocycles. The minimum atomic E-state index is -0.480. The van der Waals surface area contributed by atoms with Crippen LogP contribution in [0, 0.1) is 0 Å². The maximum absolute atomic E-state index is 12.2. The molecule has 0 radical (unpaired) electrons. The molecule has 25 heavy (non-hydrogen) atoms. The highest BCUT2D eigenvalue weighted by molar-refractivity contribution is 7.08. The van der Waals surface area contributed by atoms with Crippen LogP contribution in [0.3, 0.4) is 0 Å². The number of carbonyl (C=O) groups excluding carboxylic acids is 2. The summed E-state index contributed by atoms with van der Waals surface area (Å²) in [6.07, 6.45) is 0.778. The maximum Gasteiger partial charge on any atom is 0.248 e. The largest absolute Gasteiger partial charge is 0.486 e. The Morgan fingerprint density at radius 1 is 1.28 bits per heavy atom. The number of benzene rings is 1. The highest BCUT2D eigenvalue weighted by atomic mass is 32.1. The molecular weight excluding hydrogens is 340 g/mol. The van der Waals surface area contributed by atoms with Gasteiger partial charge in [-0.2, -0.15) is 11.3 Å². The number of amides is 2. The van der Waals surface area contributed by atoms with E-state index in [0.29, 0.717) is 37.4 Å². The first-order chi connectivity index (χ1) is 12.1. The van der Waals surface area contributed by atoms with Crippen LogP contribution in [-0.4, -0.2) is 37.2 Å². The van der Waals surface area contributed by atoms with Crippen LogP contribution in [0.25, 0.3) is 0 Å². The summed E-state index contributed by atoms with van der Waals surface area (Å²) >= 11 is 1.58. The minimum absolute atomic E-state index is 0.0250. The van der Waals surface area contributed by atoms with Gasteiger partial charge < -0.3 is 20.5 Å². The number of rotatable bonds is 6. The van der Waals surface area contributed by atoms with Gasteiger partial charge in [0.1, 0.15) is 11.9 Å². The van der Waals surface area contributed by atoms with Crippen molar-refractivity contribution >= 4 is 23.2 Å². The van der Waals surface area contributed by atoms with Crippen molar-refractivity contribution in [3.05, 3.63) is 52.2 Å². The Morgan fingerprint density at radius 3 is 2.76 bits per heavy atom. The van der Waals surface area contributed by atoms with E-state index in [9.17, 15) is 9.59 Å². The maximum atomic E-state index is 12.2. The van der Waals surface area contributed by atoms with E-state index in [1.54, 1.807) is 35.6 Å². The fourth-order valence-electron chi connectivity index (χ4n) is 2.70. The Kier molecular flexibility index (Phi) is 5.67. The molecule has 1 saturated heterocycles. The molecule has 2 atom stereocenters. The fraction of sp³-hybridized carbons (Fsp3) is 0.333. The van der Waals surface area contributed by atoms with E-state index in [0.717, 1.165) is 5.56 Å². The highest BCUT2D eigenvalue weighted by Gasteiger charge is 2.29. The summed E-state index contributed by atoms with van der Waals surface area (Å²) < 4.78 is 11.4. The van der Waals surface area contributed by atoms with Gasteiger partial charge in [0.25, 0.3) is 0 Å². The number of carbonyl (C=O) groups is 2. The molecule has 1 aliphatic heterocycles. The van der Waals surface area contributed by atoms with Gasteiger partial charge in [0.15, 0.2) is 0 Å². The Balaban J connectivity index is 1.60. The number of hydrogen-bond donors (Lipinski definition) is 2. The number of hydrogen-bond acceptors (Lipinski definition) is 5. The first kappa shape index (κ1) is 17.4. The van der Waals surface area contributed by atoms with Crippen molar-refractivity contribution < 1.29 is 19.1 Å². The lowest BCUT2D eigenvalue weighted by Gasteiger charge is -2.32. The summed E-state index contributed by atoms with van der Waals surface area (Å²) in [5.41, 5.74) is 6.67. The summed E-state index contributed by atoms with van der Waals surface area (Å²) in [5, 5.41) is 6.97. The van der Waals surface area contributed by atoms with E-state index in [4.69, 9.17) is 15.2 Å². The predicted molar refractivity (Wildman–Crippen MR) is 94.8 cm³/mol. The molecule has 3 rings (SSSR count). The van der Waals surface area contributed by atoms with E-state index in [1.165, 1.54) is 0 Å². The van der Waals surface area contributed by atoms with E-state index < -0.39 is 5.91 Å². The molecule has 0 aliphatic carbocycles. The van der Waals surface area contributed by atoms with Gasteiger partial charge in [0.05, 0.1) is 19.1 Å². The lowest BCUT2D eigenvalue weighted by atomic mass is 10.1. The van der Waals surface area contributed by atoms with Gasteiger partial charge in [-0.25, -0.2) is 0 Å². The van der Waals surface area contributed by atoms with Crippen molar-refractivity contribution in [1.29, 1.82) is 0 Å². The first-order valence-electron chi connectivity index (χ1n) is 8.06. The summed E-state index contributed by atoms with van der Waals surface area (Å²) in [4.78, 5) is 23.4. The Hall–Kier alpha value is -2.38. The van der Waals surface area contributed by atoms with Crippen LogP contribution in [0.4, 0.5) is 0 Å². The number of nitrogens with one attached hydrogen (secondary N) is 1. The molecular formula is C18H20N2O4S. The zero-order chi connectivity index (χ0) is 17.6. The molecule has 3 N–H and O–H groups in total. The van der Waals surface area contributed by atoms with Crippen molar-refractivity contribution in [3.63, 3.8) is 0 Å². The van der Waals surface area contributed by atoms with E-state index in [-0.39, 0.29) is 18.1 Å². The Bertz CT molecular complexity index is 715. The van der Waals surface area contributed by atoms with Crippen molar-refractivity contribution in [2.45, 2.75) is 25.0 Å². The molecule has 6 nitrogen and oxygen atoms in total. The quantitative estimate of drug-likeness (QED) is 0.821. The molecule has 0 unspecified atom stereocenters. The van der Waals surface area contributed by atoms with Crippen molar-refractivity contribution in [2.75, 3.05) is 13.2 Å². The summed E-state index contributed by atoms with van der Waals surface area (Å²) in [6.45, 7) is 0.991. The van der Waals surface area contributed by atoms with Crippen molar-refractivity contribution in [2.24, 2.45) is 5.73 Å². The second kappa shape index (κ2) is 8.13. The van der Waals surface area contributed by atoms with Gasteiger partial charge in [0, 0.05) is 12.2 Å². The van der Waals surface area contributed by atoms with Crippen LogP contribution in [0.2, 0.25) is 0 Å². The smallest absolute Gasteiger partial charge is 0.248 e. The van der Waals surface area contributed by atoms with Crippen LogP contribution < -0.4 is 15.8 Å². The lowest BCUT2D eigenvalue weighted by molar-refractivity contribution is -0.123. The molecule has 0 saturated carbocycles. The summed E-state index contributed by atoms with van der Waals surface area (Å²) in [5.74, 6) is 0.103. The second-order valence-corrected chi connectivity index (χ2v) is 6.67. The first-order valence-corrected chi connectivity index (χ1v) is 9.01. The van der Waals surface area contributed by atoms with Crippen LogP contribution in [0.5, 0.6) is 5.75 Å². The van der Waals surface area contributed by atoms with Crippen LogP contribution >= 0.6 is 11.3 Å². The van der Waals surface area contributed by atoms with Gasteiger partial charge >= 0.3 is 0 Å². The fourth-order valence-corrected chi connectivity index (χ4v) is 3.37. The molecule has 2 amide bonds. The van der Waals surface area contributed by atoms with E-state index in [2.05, 4.69) is 5.32 Å². The number of primary amides is 1. The number of nitrogens with two attached hydrogens (primary N) is 1. The number of thiophene rings is 1. The highest BCUT2D eigenvalue weighted by Crippen LogP contribution is 2.19. The minimum Gasteiger partial charge on any atom is -0.486 e. The molecule has 2 aromatic rings. The molecule has 0 spiro atoms. The monoisotopic (exact) mass is 360 g/mol. The van der Waals surface area contributed by atoms with Crippen LogP contribution in [-0.2, 0) is 16.0 Å². The van der Waals surface area contributed by atoms with Crippen molar-refractivity contribution in [3.8, 4) is 5.75 Å². The zero-order valence-electron chi connectivity index (χ0n) is 13.6. The molecule has 0 bridgehead atoms. The zero-order valence-corrected chi connectivity index (χ0v) is 14.5. The number of ether oxygens (including phenoxy) is 2. The standard InChI is InChI=1S/C18H20N2O4S/c19-18(22)13-1-3-14(4-2-13)24-16-10-23-7-5-15(16)20-17(21)9-12-6-8-25-11-12/h1-4,6,8,11,15-16H,5,7,9-10H2,(H2,19,22)(H,20,21)/t15-,16-/m1/s1. The average molecular weight is 360 g/mol. The third kappa shape index (κ3) is 4.80. The Morgan fingerprint density at radius 2 is 2.08 bits per heavy atom. The van der Waals surface area contributed by atoms with Gasteiger partial charge in [-0.1, -0.05) is 0 Å². The molecule has 1 aliphatic rings. The Labute approximate surface area is 149 Å². The van der Waals surface area contributed by atoms with Gasteiger partial charge in [-0.15, -0.1) is 0 Å². The summed E-state index contributed by atoms with van der Waals surface area (Å²) in [7, 11) is 0. The predicted octanol–water partition coefficient (Wildman–Crippen LogP) is 1.74. The molecule has 2 heterocycles. The SMILES string of the molecule is NC(=O)c1ccc(O[C@@H]2COCC[C@H]2NC(=O)Cc2ccsc2)cc1. The van der Waals surface area contributed by atoms with Crippen LogP contribution in [0.15, 0.2) is 41.1 Å². The van der Waals surface area contributed by atoms with Gasteiger partial charge in [-0.05, 0) is 53.1 Å². The summed E-state index contributed by atoms with van der Waals surface area (Å²) in [6, 6.07) is 8.45. The van der Waals surface area contributed by atoms with Crippen molar-refractivity contribution in [1.82, 2.24) is 5.32 Å². The van der Waals surface area contributed by atoms with E-state index in [1.807, 2.05) is 16.8 Å². The molecule has 1 fully saturated rings. The second-order valence-electron chi connectivity index (χ2n) is 5.89. The molecule has 7 heteroatoms. The lowest BCUT2D eigenvalue weighted by Crippen LogP contribution is -2.51. The normalized spacial score (nSPS) is 20.0. The molecule has 1 aromatic carbocycles. The third-order valence-corrected chi connectivity index (χ3v) is 4.75. The topological polar surface area (TPSA) is 90.7 Å².